The molecule has 2 aromatic carbocycles. The van der Waals surface area contributed by atoms with Gasteiger partial charge in [-0.2, -0.15) is 0 Å². The smallest absolute Gasteiger partial charge is 0.211 e. The normalized spacial score (nSPS) is 24.8. The molecule has 0 aromatic heterocycles. The van der Waals surface area contributed by atoms with Crippen molar-refractivity contribution >= 4 is 17.3 Å². The van der Waals surface area contributed by atoms with Crippen LogP contribution in [0.2, 0.25) is 5.02 Å². The highest BCUT2D eigenvalue weighted by Gasteiger charge is 2.45. The van der Waals surface area contributed by atoms with Crippen molar-refractivity contribution in [3.63, 3.8) is 0 Å². The molecule has 1 fully saturated rings. The van der Waals surface area contributed by atoms with E-state index in [0.29, 0.717) is 5.02 Å². The van der Waals surface area contributed by atoms with E-state index in [4.69, 9.17) is 16.3 Å². The number of fused-ring (bicyclic) bond motifs is 2. The van der Waals surface area contributed by atoms with E-state index in [0.717, 1.165) is 36.4 Å². The summed E-state index contributed by atoms with van der Waals surface area (Å²) in [6.45, 7) is 0.812. The van der Waals surface area contributed by atoms with Crippen LogP contribution in [0.15, 0.2) is 48.5 Å². The van der Waals surface area contributed by atoms with Gasteiger partial charge in [-0.3, -0.25) is 10.1 Å². The van der Waals surface area contributed by atoms with Gasteiger partial charge < -0.3 is 9.64 Å². The molecule has 1 saturated heterocycles. The van der Waals surface area contributed by atoms with Gasteiger partial charge in [0.1, 0.15) is 5.75 Å². The third-order valence-electron chi connectivity index (χ3n) is 5.20. The Morgan fingerprint density at radius 3 is 2.72 bits per heavy atom. The van der Waals surface area contributed by atoms with Crippen molar-refractivity contribution in [2.45, 2.75) is 25.0 Å². The van der Waals surface area contributed by atoms with Gasteiger partial charge in [0, 0.05) is 33.7 Å². The molecule has 0 saturated carbocycles. The zero-order chi connectivity index (χ0) is 17.4. The molecular weight excluding hydrogens is 340 g/mol. The molecule has 130 valence electrons. The molecule has 2 aromatic rings. The van der Waals surface area contributed by atoms with Crippen LogP contribution in [0.4, 0.5) is 5.69 Å². The average Bonchev–Trinajstić information content (AvgIpc) is 2.61. The zero-order valence-electron chi connectivity index (χ0n) is 13.7. The molecule has 25 heavy (non-hydrogen) atoms. The predicted molar refractivity (Wildman–Crippen MR) is 97.0 cm³/mol. The Morgan fingerprint density at radius 2 is 1.96 bits per heavy atom. The Bertz CT molecular complexity index is 780. The summed E-state index contributed by atoms with van der Waals surface area (Å²) in [4.78, 5) is 13.3. The quantitative estimate of drug-likeness (QED) is 0.605. The fraction of sp³-hybridized carbons (Fsp3) is 0.368. The maximum atomic E-state index is 11.3. The number of nitrogens with zero attached hydrogens (tertiary/aromatic N) is 2. The van der Waals surface area contributed by atoms with Gasteiger partial charge in [0.2, 0.25) is 6.54 Å². The zero-order valence-corrected chi connectivity index (χ0v) is 14.4. The first-order valence-electron chi connectivity index (χ1n) is 8.53. The van der Waals surface area contributed by atoms with Gasteiger partial charge in [0.05, 0.1) is 5.92 Å². The lowest BCUT2D eigenvalue weighted by molar-refractivity contribution is -0.485. The van der Waals surface area contributed by atoms with Crippen molar-refractivity contribution in [3.05, 3.63) is 69.2 Å². The number of anilines is 1. The molecule has 0 radical (unpaired) electrons. The summed E-state index contributed by atoms with van der Waals surface area (Å²) >= 11 is 6.01. The van der Waals surface area contributed by atoms with Crippen LogP contribution < -0.4 is 9.64 Å². The highest BCUT2D eigenvalue weighted by molar-refractivity contribution is 6.30. The van der Waals surface area contributed by atoms with E-state index >= 15 is 0 Å². The molecule has 5 nitrogen and oxygen atoms in total. The van der Waals surface area contributed by atoms with E-state index in [9.17, 15) is 10.1 Å². The van der Waals surface area contributed by atoms with Crippen LogP contribution in [-0.2, 0) is 0 Å². The summed E-state index contributed by atoms with van der Waals surface area (Å²) in [6.07, 6.45) is 1.74. The van der Waals surface area contributed by atoms with E-state index in [1.165, 1.54) is 0 Å². The number of hydrogen-bond acceptors (Lipinski definition) is 4. The second kappa shape index (κ2) is 6.56. The molecule has 3 atom stereocenters. The average molecular weight is 359 g/mol. The standard InChI is InChI=1S/C19H19ClN2O3/c20-13-7-9-14(10-8-13)21-11-3-5-16-17(12-22(23)24)15-4-1-2-6-18(15)25-19(16)21/h1-2,4,6-10,16-17,19H,3,5,11-12H2. The highest BCUT2D eigenvalue weighted by Crippen LogP contribution is 2.46. The number of nitro groups is 1. The number of benzene rings is 2. The Morgan fingerprint density at radius 1 is 1.20 bits per heavy atom. The van der Waals surface area contributed by atoms with Crippen LogP contribution in [0.3, 0.4) is 0 Å². The van der Waals surface area contributed by atoms with Gasteiger partial charge in [-0.25, -0.2) is 0 Å². The van der Waals surface area contributed by atoms with Crippen molar-refractivity contribution in [1.82, 2.24) is 0 Å². The monoisotopic (exact) mass is 358 g/mol. The van der Waals surface area contributed by atoms with Crippen LogP contribution in [-0.4, -0.2) is 24.2 Å². The first-order chi connectivity index (χ1) is 12.1. The number of piperidine rings is 1. The van der Waals surface area contributed by atoms with E-state index in [1.54, 1.807) is 0 Å². The topological polar surface area (TPSA) is 55.6 Å². The number of hydrogen-bond donors (Lipinski definition) is 0. The molecule has 2 aliphatic rings. The van der Waals surface area contributed by atoms with Gasteiger partial charge in [0.15, 0.2) is 6.23 Å². The van der Waals surface area contributed by atoms with Gasteiger partial charge in [-0.15, -0.1) is 0 Å². The van der Waals surface area contributed by atoms with E-state index < -0.39 is 0 Å². The van der Waals surface area contributed by atoms with Crippen LogP contribution in [0.25, 0.3) is 0 Å². The maximum absolute atomic E-state index is 11.3. The van der Waals surface area contributed by atoms with E-state index in [1.807, 2.05) is 48.5 Å². The first-order valence-corrected chi connectivity index (χ1v) is 8.91. The Balaban J connectivity index is 1.72. The van der Waals surface area contributed by atoms with Crippen LogP contribution in [0.5, 0.6) is 5.75 Å². The fourth-order valence-electron chi connectivity index (χ4n) is 4.11. The second-order valence-electron chi connectivity index (χ2n) is 6.64. The molecule has 6 heteroatoms. The lowest BCUT2D eigenvalue weighted by Gasteiger charge is -2.47. The fourth-order valence-corrected chi connectivity index (χ4v) is 4.23. The first kappa shape index (κ1) is 16.2. The molecular formula is C19H19ClN2O3. The van der Waals surface area contributed by atoms with E-state index in [-0.39, 0.29) is 29.5 Å². The number of para-hydroxylation sites is 1. The summed E-state index contributed by atoms with van der Waals surface area (Å²) in [5, 5.41) is 12.0. The molecule has 0 amide bonds. The van der Waals surface area contributed by atoms with Crippen molar-refractivity contribution in [2.75, 3.05) is 18.0 Å². The van der Waals surface area contributed by atoms with Crippen molar-refractivity contribution in [3.8, 4) is 5.75 Å². The number of halogens is 1. The highest BCUT2D eigenvalue weighted by atomic mass is 35.5. The maximum Gasteiger partial charge on any atom is 0.211 e. The molecule has 0 aliphatic carbocycles. The molecule has 4 rings (SSSR count). The SMILES string of the molecule is O=[N+]([O-])CC1c2ccccc2OC2C1CCCN2c1ccc(Cl)cc1. The minimum Gasteiger partial charge on any atom is -0.470 e. The minimum absolute atomic E-state index is 0.0595. The Labute approximate surface area is 151 Å². The lowest BCUT2D eigenvalue weighted by Crippen LogP contribution is -2.53. The van der Waals surface area contributed by atoms with Crippen LogP contribution in [0.1, 0.15) is 24.3 Å². The Hall–Kier alpha value is -2.27. The predicted octanol–water partition coefficient (Wildman–Crippen LogP) is 4.34. The molecule has 0 bridgehead atoms. The van der Waals surface area contributed by atoms with Gasteiger partial charge in [-0.1, -0.05) is 29.8 Å². The molecule has 2 heterocycles. The van der Waals surface area contributed by atoms with Gasteiger partial charge in [0.25, 0.3) is 0 Å². The summed E-state index contributed by atoms with van der Waals surface area (Å²) < 4.78 is 6.32. The lowest BCUT2D eigenvalue weighted by atomic mass is 9.77. The third-order valence-corrected chi connectivity index (χ3v) is 5.45. The summed E-state index contributed by atoms with van der Waals surface area (Å²) in [5.74, 6) is 0.737. The third kappa shape index (κ3) is 3.04. The number of ether oxygens (including phenoxy) is 1. The Kier molecular flexibility index (Phi) is 4.25. The summed E-state index contributed by atoms with van der Waals surface area (Å²) in [7, 11) is 0. The minimum atomic E-state index is -0.203. The largest absolute Gasteiger partial charge is 0.470 e. The second-order valence-corrected chi connectivity index (χ2v) is 7.08. The van der Waals surface area contributed by atoms with Gasteiger partial charge in [-0.05, 0) is 43.2 Å². The number of rotatable bonds is 3. The van der Waals surface area contributed by atoms with E-state index in [2.05, 4.69) is 4.90 Å². The summed E-state index contributed by atoms with van der Waals surface area (Å²) in [6, 6.07) is 15.4. The van der Waals surface area contributed by atoms with Crippen molar-refractivity contribution < 1.29 is 9.66 Å². The van der Waals surface area contributed by atoms with Gasteiger partial charge >= 0.3 is 0 Å². The molecule has 0 spiro atoms. The van der Waals surface area contributed by atoms with Crippen molar-refractivity contribution in [1.29, 1.82) is 0 Å². The molecule has 3 unspecified atom stereocenters. The van der Waals surface area contributed by atoms with Crippen LogP contribution >= 0.6 is 11.6 Å². The van der Waals surface area contributed by atoms with Crippen molar-refractivity contribution in [2.24, 2.45) is 5.92 Å². The summed E-state index contributed by atoms with van der Waals surface area (Å²) in [5.41, 5.74) is 2.00. The molecule has 2 aliphatic heterocycles. The molecule has 0 N–H and O–H groups in total. The van der Waals surface area contributed by atoms with Crippen LogP contribution in [0, 0.1) is 16.0 Å².